The topological polar surface area (TPSA) is 38.8 Å². The minimum absolute atomic E-state index is 0.196. The second-order valence-corrected chi connectivity index (χ2v) is 7.40. The van der Waals surface area contributed by atoms with Crippen LogP contribution < -0.4 is 9.47 Å². The molecule has 1 unspecified atom stereocenters. The molecule has 2 aliphatic rings. The van der Waals surface area contributed by atoms with Crippen LogP contribution in [0.25, 0.3) is 0 Å². The number of hydrogen-bond donors (Lipinski definition) is 0. The number of hydrogen-bond acceptors (Lipinski definition) is 3. The number of likely N-dealkylation sites (tertiary alicyclic amines) is 1. The summed E-state index contributed by atoms with van der Waals surface area (Å²) in [5.74, 6) is 1.78. The largest absolute Gasteiger partial charge is 0.454 e. The molecule has 0 N–H and O–H groups in total. The second-order valence-electron chi connectivity index (χ2n) is 6.49. The number of ether oxygens (including phenoxy) is 2. The fourth-order valence-corrected chi connectivity index (χ4v) is 4.03. The van der Waals surface area contributed by atoms with E-state index in [-0.39, 0.29) is 18.7 Å². The van der Waals surface area contributed by atoms with Crippen LogP contribution >= 0.6 is 15.9 Å². The number of halogens is 1. The quantitative estimate of drug-likeness (QED) is 0.758. The molecule has 0 spiro atoms. The molecule has 0 aromatic heterocycles. The molecule has 2 heterocycles. The van der Waals surface area contributed by atoms with E-state index < -0.39 is 0 Å². The highest BCUT2D eigenvalue weighted by Gasteiger charge is 2.29. The van der Waals surface area contributed by atoms with E-state index in [1.54, 1.807) is 0 Å². The van der Waals surface area contributed by atoms with Crippen molar-refractivity contribution in [2.75, 3.05) is 13.3 Å². The van der Waals surface area contributed by atoms with Crippen LogP contribution in [0.4, 0.5) is 0 Å². The Morgan fingerprint density at radius 2 is 2.04 bits per heavy atom. The molecule has 1 amide bonds. The van der Waals surface area contributed by atoms with E-state index in [1.165, 1.54) is 5.56 Å². The molecule has 0 aliphatic carbocycles. The third kappa shape index (κ3) is 3.52. The number of rotatable bonds is 4. The molecule has 1 saturated heterocycles. The molecule has 0 bridgehead atoms. The Labute approximate surface area is 155 Å². The summed E-state index contributed by atoms with van der Waals surface area (Å²) < 4.78 is 11.8. The summed E-state index contributed by atoms with van der Waals surface area (Å²) >= 11 is 3.53. The SMILES string of the molecule is O=C(CCc1ccc2c(c1)OCO2)N1CCCC1c1cccc(Br)c1. The first-order chi connectivity index (χ1) is 12.2. The second kappa shape index (κ2) is 7.08. The Morgan fingerprint density at radius 1 is 1.16 bits per heavy atom. The van der Waals surface area contributed by atoms with Gasteiger partial charge in [-0.3, -0.25) is 4.79 Å². The first-order valence-corrected chi connectivity index (χ1v) is 9.43. The maximum atomic E-state index is 12.8. The summed E-state index contributed by atoms with van der Waals surface area (Å²) in [6.07, 6.45) is 3.33. The van der Waals surface area contributed by atoms with Gasteiger partial charge in [0.2, 0.25) is 12.7 Å². The molecule has 2 aliphatic heterocycles. The van der Waals surface area contributed by atoms with E-state index in [4.69, 9.17) is 9.47 Å². The van der Waals surface area contributed by atoms with Gasteiger partial charge >= 0.3 is 0 Å². The van der Waals surface area contributed by atoms with E-state index in [1.807, 2.05) is 35.2 Å². The average molecular weight is 402 g/mol. The predicted octanol–water partition coefficient (Wildman–Crippen LogP) is 4.47. The van der Waals surface area contributed by atoms with Crippen molar-refractivity contribution in [1.29, 1.82) is 0 Å². The van der Waals surface area contributed by atoms with Crippen molar-refractivity contribution in [3.8, 4) is 11.5 Å². The highest BCUT2D eigenvalue weighted by atomic mass is 79.9. The van der Waals surface area contributed by atoms with Gasteiger partial charge in [0.05, 0.1) is 6.04 Å². The molecule has 5 heteroatoms. The number of nitrogens with zero attached hydrogens (tertiary/aromatic N) is 1. The fraction of sp³-hybridized carbons (Fsp3) is 0.350. The molecule has 1 fully saturated rings. The zero-order valence-electron chi connectivity index (χ0n) is 13.9. The van der Waals surface area contributed by atoms with Gasteiger partial charge in [0, 0.05) is 17.4 Å². The summed E-state index contributed by atoms with van der Waals surface area (Å²) in [5, 5.41) is 0. The highest BCUT2D eigenvalue weighted by molar-refractivity contribution is 9.10. The molecule has 130 valence electrons. The fourth-order valence-electron chi connectivity index (χ4n) is 3.62. The number of fused-ring (bicyclic) bond motifs is 1. The third-order valence-corrected chi connectivity index (χ3v) is 5.36. The lowest BCUT2D eigenvalue weighted by Gasteiger charge is -2.25. The standard InChI is InChI=1S/C20H20BrNO3/c21-16-4-1-3-15(12-16)17-5-2-10-22(17)20(23)9-7-14-6-8-18-19(11-14)25-13-24-18/h1,3-4,6,8,11-12,17H,2,5,7,9-10,13H2. The summed E-state index contributed by atoms with van der Waals surface area (Å²) in [4.78, 5) is 14.8. The smallest absolute Gasteiger partial charge is 0.231 e. The molecular formula is C20H20BrNO3. The molecule has 2 aromatic carbocycles. The summed E-state index contributed by atoms with van der Waals surface area (Å²) in [6, 6.07) is 14.4. The average Bonchev–Trinajstić information content (AvgIpc) is 3.28. The highest BCUT2D eigenvalue weighted by Crippen LogP contribution is 2.35. The van der Waals surface area contributed by atoms with Crippen molar-refractivity contribution in [2.45, 2.75) is 31.7 Å². The lowest BCUT2D eigenvalue weighted by atomic mass is 10.0. The number of aryl methyl sites for hydroxylation is 1. The first kappa shape index (κ1) is 16.5. The van der Waals surface area contributed by atoms with Crippen molar-refractivity contribution >= 4 is 21.8 Å². The van der Waals surface area contributed by atoms with Gasteiger partial charge in [0.25, 0.3) is 0 Å². The van der Waals surface area contributed by atoms with E-state index >= 15 is 0 Å². The zero-order valence-corrected chi connectivity index (χ0v) is 15.5. The van der Waals surface area contributed by atoms with Crippen LogP contribution in [0.2, 0.25) is 0 Å². The van der Waals surface area contributed by atoms with Gasteiger partial charge in [-0.15, -0.1) is 0 Å². The van der Waals surface area contributed by atoms with Gasteiger partial charge < -0.3 is 14.4 Å². The summed E-state index contributed by atoms with van der Waals surface area (Å²) in [7, 11) is 0. The molecule has 1 atom stereocenters. The van der Waals surface area contributed by atoms with Crippen molar-refractivity contribution in [2.24, 2.45) is 0 Å². The Bertz CT molecular complexity index is 792. The van der Waals surface area contributed by atoms with Crippen LogP contribution in [0, 0.1) is 0 Å². The van der Waals surface area contributed by atoms with Crippen LogP contribution in [0.3, 0.4) is 0 Å². The van der Waals surface area contributed by atoms with Crippen LogP contribution in [-0.4, -0.2) is 24.1 Å². The maximum Gasteiger partial charge on any atom is 0.231 e. The molecule has 4 nitrogen and oxygen atoms in total. The van der Waals surface area contributed by atoms with Gasteiger partial charge in [-0.1, -0.05) is 34.1 Å². The molecule has 4 rings (SSSR count). The van der Waals surface area contributed by atoms with Crippen molar-refractivity contribution < 1.29 is 14.3 Å². The summed E-state index contributed by atoms with van der Waals surface area (Å²) in [5.41, 5.74) is 2.32. The molecule has 25 heavy (non-hydrogen) atoms. The lowest BCUT2D eigenvalue weighted by molar-refractivity contribution is -0.132. The van der Waals surface area contributed by atoms with Gasteiger partial charge in [0.15, 0.2) is 11.5 Å². The van der Waals surface area contributed by atoms with Crippen molar-refractivity contribution in [3.63, 3.8) is 0 Å². The number of benzene rings is 2. The van der Waals surface area contributed by atoms with Gasteiger partial charge in [-0.25, -0.2) is 0 Å². The van der Waals surface area contributed by atoms with E-state index in [2.05, 4.69) is 28.1 Å². The van der Waals surface area contributed by atoms with Crippen molar-refractivity contribution in [3.05, 3.63) is 58.1 Å². The molecular weight excluding hydrogens is 382 g/mol. The normalized spacial score (nSPS) is 18.6. The molecule has 0 radical (unpaired) electrons. The number of carbonyl (C=O) groups is 1. The van der Waals surface area contributed by atoms with Crippen molar-refractivity contribution in [1.82, 2.24) is 4.90 Å². The molecule has 0 saturated carbocycles. The van der Waals surface area contributed by atoms with Crippen LogP contribution in [0.15, 0.2) is 46.9 Å². The Hall–Kier alpha value is -2.01. The number of amides is 1. The Morgan fingerprint density at radius 3 is 2.92 bits per heavy atom. The Kier molecular flexibility index (Phi) is 4.66. The van der Waals surface area contributed by atoms with E-state index in [0.717, 1.165) is 47.3 Å². The van der Waals surface area contributed by atoms with Gasteiger partial charge in [-0.05, 0) is 54.7 Å². The maximum absolute atomic E-state index is 12.8. The lowest BCUT2D eigenvalue weighted by Crippen LogP contribution is -2.30. The van der Waals surface area contributed by atoms with Gasteiger partial charge in [-0.2, -0.15) is 0 Å². The van der Waals surface area contributed by atoms with Crippen LogP contribution in [0.1, 0.15) is 36.4 Å². The van der Waals surface area contributed by atoms with E-state index in [0.29, 0.717) is 6.42 Å². The van der Waals surface area contributed by atoms with Crippen LogP contribution in [0.5, 0.6) is 11.5 Å². The number of carbonyl (C=O) groups excluding carboxylic acids is 1. The van der Waals surface area contributed by atoms with E-state index in [9.17, 15) is 4.79 Å². The van der Waals surface area contributed by atoms with Crippen LogP contribution in [-0.2, 0) is 11.2 Å². The molecule has 2 aromatic rings. The Balaban J connectivity index is 1.42. The monoisotopic (exact) mass is 401 g/mol. The first-order valence-electron chi connectivity index (χ1n) is 8.64. The third-order valence-electron chi connectivity index (χ3n) is 4.87. The zero-order chi connectivity index (χ0) is 17.2. The predicted molar refractivity (Wildman–Crippen MR) is 98.7 cm³/mol. The van der Waals surface area contributed by atoms with Gasteiger partial charge in [0.1, 0.15) is 0 Å². The minimum Gasteiger partial charge on any atom is -0.454 e. The summed E-state index contributed by atoms with van der Waals surface area (Å²) in [6.45, 7) is 1.12. The minimum atomic E-state index is 0.196.